The normalized spacial score (nSPS) is 18.0. The number of amides is 1. The molecule has 2 aromatic heterocycles. The molecule has 0 aliphatic carbocycles. The summed E-state index contributed by atoms with van der Waals surface area (Å²) < 4.78 is 3.89. The Morgan fingerprint density at radius 3 is 2.74 bits per heavy atom. The number of hydrogen-bond acceptors (Lipinski definition) is 4. The first-order valence-electron chi connectivity index (χ1n) is 7.80. The zero-order valence-electron chi connectivity index (χ0n) is 14.4. The van der Waals surface area contributed by atoms with E-state index in [1.807, 2.05) is 44.4 Å². The van der Waals surface area contributed by atoms with E-state index in [9.17, 15) is 4.79 Å². The van der Waals surface area contributed by atoms with Crippen LogP contribution in [0.3, 0.4) is 0 Å². The average Bonchev–Trinajstić information content (AvgIpc) is 3.00. The Morgan fingerprint density at radius 2 is 2.13 bits per heavy atom. The highest BCUT2D eigenvalue weighted by Crippen LogP contribution is 2.29. The van der Waals surface area contributed by atoms with Gasteiger partial charge in [-0.1, -0.05) is 0 Å². The molecule has 0 N–H and O–H groups in total. The van der Waals surface area contributed by atoms with Crippen LogP contribution in [0.2, 0.25) is 0 Å². The smallest absolute Gasteiger partial charge is 0.232 e. The van der Waals surface area contributed by atoms with Crippen LogP contribution < -0.4 is 0 Å². The number of fused-ring (bicyclic) bond motifs is 1. The molecule has 1 aliphatic heterocycles. The minimum Gasteiger partial charge on any atom is -0.348 e. The molecule has 7 heteroatoms. The molecule has 7 nitrogen and oxygen atoms in total. The van der Waals surface area contributed by atoms with E-state index in [0.717, 1.165) is 35.9 Å². The molecule has 23 heavy (non-hydrogen) atoms. The number of likely N-dealkylation sites (N-methyl/N-ethyl adjacent to an activating group) is 1. The first-order chi connectivity index (χ1) is 10.9. The van der Waals surface area contributed by atoms with Crippen molar-refractivity contribution in [2.75, 3.05) is 20.6 Å². The summed E-state index contributed by atoms with van der Waals surface area (Å²) in [6.07, 6.45) is 1.80. The van der Waals surface area contributed by atoms with Crippen LogP contribution in [0.5, 0.6) is 0 Å². The van der Waals surface area contributed by atoms with Gasteiger partial charge in [0, 0.05) is 47.8 Å². The van der Waals surface area contributed by atoms with Crippen LogP contribution >= 0.6 is 0 Å². The molecule has 0 radical (unpaired) electrons. The maximum absolute atomic E-state index is 12.6. The number of carbonyl (C=O) groups is 1. The Bertz CT molecular complexity index is 729. The Hall–Kier alpha value is -2.15. The number of nitrogens with zero attached hydrogens (tertiary/aromatic N) is 6. The molecule has 0 unspecified atom stereocenters. The second kappa shape index (κ2) is 5.81. The second-order valence-electron chi connectivity index (χ2n) is 6.54. The third-order valence-corrected chi connectivity index (χ3v) is 4.43. The van der Waals surface area contributed by atoms with Gasteiger partial charge >= 0.3 is 0 Å². The standard InChI is InChI=1S/C16H24N6O/c1-11-6-12(21(5)18-11)7-22-8-13(16(23)19(2)3)15-14(9-22)17-10-20(15)4/h6,10,13H,7-9H2,1-5H3/t13-/m0/s1. The topological polar surface area (TPSA) is 59.2 Å². The quantitative estimate of drug-likeness (QED) is 0.834. The van der Waals surface area contributed by atoms with Crippen molar-refractivity contribution in [2.24, 2.45) is 14.1 Å². The summed E-state index contributed by atoms with van der Waals surface area (Å²) in [5, 5.41) is 4.40. The summed E-state index contributed by atoms with van der Waals surface area (Å²) in [6, 6.07) is 2.09. The van der Waals surface area contributed by atoms with Crippen molar-refractivity contribution in [3.63, 3.8) is 0 Å². The highest BCUT2D eigenvalue weighted by atomic mass is 16.2. The number of hydrogen-bond donors (Lipinski definition) is 0. The van der Waals surface area contributed by atoms with Crippen LogP contribution in [0.4, 0.5) is 0 Å². The van der Waals surface area contributed by atoms with Gasteiger partial charge < -0.3 is 9.47 Å². The van der Waals surface area contributed by atoms with Gasteiger partial charge in [0.25, 0.3) is 0 Å². The van der Waals surface area contributed by atoms with Crippen LogP contribution in [0, 0.1) is 6.92 Å². The van der Waals surface area contributed by atoms with Crippen molar-refractivity contribution in [1.29, 1.82) is 0 Å². The van der Waals surface area contributed by atoms with Gasteiger partial charge in [-0.2, -0.15) is 5.10 Å². The Morgan fingerprint density at radius 1 is 1.39 bits per heavy atom. The molecule has 0 spiro atoms. The SMILES string of the molecule is Cc1cc(CN2Cc3ncn(C)c3[C@@H](C(=O)N(C)C)C2)n(C)n1. The van der Waals surface area contributed by atoms with Crippen molar-refractivity contribution >= 4 is 5.91 Å². The van der Waals surface area contributed by atoms with Crippen molar-refractivity contribution in [3.8, 4) is 0 Å². The lowest BCUT2D eigenvalue weighted by Gasteiger charge is -2.33. The number of aromatic nitrogens is 4. The van der Waals surface area contributed by atoms with E-state index in [0.29, 0.717) is 6.54 Å². The lowest BCUT2D eigenvalue weighted by atomic mass is 9.96. The number of imidazole rings is 1. The van der Waals surface area contributed by atoms with E-state index in [1.165, 1.54) is 0 Å². The third-order valence-electron chi connectivity index (χ3n) is 4.43. The Kier molecular flexibility index (Phi) is 3.97. The predicted molar refractivity (Wildman–Crippen MR) is 86.7 cm³/mol. The first-order valence-corrected chi connectivity index (χ1v) is 7.80. The van der Waals surface area contributed by atoms with Crippen LogP contribution in [-0.4, -0.2) is 55.7 Å². The zero-order valence-corrected chi connectivity index (χ0v) is 14.4. The van der Waals surface area contributed by atoms with E-state index < -0.39 is 0 Å². The summed E-state index contributed by atoms with van der Waals surface area (Å²) in [6.45, 7) is 4.23. The predicted octanol–water partition coefficient (Wildman–Crippen LogP) is 0.650. The highest BCUT2D eigenvalue weighted by molar-refractivity contribution is 5.83. The second-order valence-corrected chi connectivity index (χ2v) is 6.54. The first kappa shape index (κ1) is 15.7. The minimum absolute atomic E-state index is 0.126. The molecular weight excluding hydrogens is 292 g/mol. The zero-order chi connectivity index (χ0) is 16.7. The summed E-state index contributed by atoms with van der Waals surface area (Å²) in [4.78, 5) is 21.1. The van der Waals surface area contributed by atoms with Crippen LogP contribution in [0.1, 0.15) is 28.7 Å². The lowest BCUT2D eigenvalue weighted by Crippen LogP contribution is -2.41. The number of aryl methyl sites for hydroxylation is 3. The van der Waals surface area contributed by atoms with Gasteiger partial charge in [0.05, 0.1) is 35.0 Å². The maximum atomic E-state index is 12.6. The molecule has 0 saturated heterocycles. The van der Waals surface area contributed by atoms with Crippen molar-refractivity contribution < 1.29 is 4.79 Å². The summed E-state index contributed by atoms with van der Waals surface area (Å²) in [5.41, 5.74) is 4.20. The highest BCUT2D eigenvalue weighted by Gasteiger charge is 2.34. The Labute approximate surface area is 136 Å². The number of rotatable bonds is 3. The van der Waals surface area contributed by atoms with Crippen molar-refractivity contribution in [3.05, 3.63) is 35.2 Å². The monoisotopic (exact) mass is 316 g/mol. The fourth-order valence-electron chi connectivity index (χ4n) is 3.35. The van der Waals surface area contributed by atoms with E-state index in [2.05, 4.69) is 21.0 Å². The lowest BCUT2D eigenvalue weighted by molar-refractivity contribution is -0.131. The molecule has 0 bridgehead atoms. The third kappa shape index (κ3) is 2.88. The van der Waals surface area contributed by atoms with E-state index in [4.69, 9.17) is 0 Å². The molecule has 2 aromatic rings. The summed E-state index contributed by atoms with van der Waals surface area (Å²) >= 11 is 0. The van der Waals surface area contributed by atoms with Crippen LogP contribution in [0.15, 0.2) is 12.4 Å². The van der Waals surface area contributed by atoms with E-state index >= 15 is 0 Å². The van der Waals surface area contributed by atoms with Gasteiger partial charge in [0.1, 0.15) is 0 Å². The molecule has 0 saturated carbocycles. The van der Waals surface area contributed by atoms with Crippen molar-refractivity contribution in [1.82, 2.24) is 29.1 Å². The molecule has 0 fully saturated rings. The summed E-state index contributed by atoms with van der Waals surface area (Å²) in [5.74, 6) is -0.0451. The largest absolute Gasteiger partial charge is 0.348 e. The Balaban J connectivity index is 1.88. The van der Waals surface area contributed by atoms with Gasteiger partial charge in [-0.05, 0) is 13.0 Å². The molecule has 0 aromatic carbocycles. The minimum atomic E-state index is -0.171. The summed E-state index contributed by atoms with van der Waals surface area (Å²) in [7, 11) is 7.53. The van der Waals surface area contributed by atoms with Crippen LogP contribution in [0.25, 0.3) is 0 Å². The van der Waals surface area contributed by atoms with Gasteiger partial charge in [0.15, 0.2) is 0 Å². The average molecular weight is 316 g/mol. The molecule has 3 heterocycles. The van der Waals surface area contributed by atoms with Gasteiger partial charge in [-0.25, -0.2) is 4.98 Å². The number of carbonyl (C=O) groups excluding carboxylic acids is 1. The molecule has 3 rings (SSSR count). The molecule has 1 aliphatic rings. The maximum Gasteiger partial charge on any atom is 0.232 e. The molecular formula is C16H24N6O. The van der Waals surface area contributed by atoms with Crippen molar-refractivity contribution in [2.45, 2.75) is 25.9 Å². The van der Waals surface area contributed by atoms with Gasteiger partial charge in [-0.3, -0.25) is 14.4 Å². The van der Waals surface area contributed by atoms with Gasteiger partial charge in [-0.15, -0.1) is 0 Å². The molecule has 1 atom stereocenters. The molecule has 124 valence electrons. The van der Waals surface area contributed by atoms with E-state index in [-0.39, 0.29) is 11.8 Å². The van der Waals surface area contributed by atoms with Gasteiger partial charge in [0.2, 0.25) is 5.91 Å². The van der Waals surface area contributed by atoms with E-state index in [1.54, 1.807) is 11.2 Å². The fourth-order valence-corrected chi connectivity index (χ4v) is 3.35. The molecule has 1 amide bonds. The fraction of sp³-hybridized carbons (Fsp3) is 0.562. The van der Waals surface area contributed by atoms with Crippen LogP contribution in [-0.2, 0) is 32.0 Å².